The van der Waals surface area contributed by atoms with Crippen molar-refractivity contribution in [1.82, 2.24) is 0 Å². The van der Waals surface area contributed by atoms with Gasteiger partial charge in [0.1, 0.15) is 0 Å². The van der Waals surface area contributed by atoms with E-state index in [0.717, 1.165) is 12.8 Å². The number of Topliss-reactive ketones (excluding diaryl/α,β-unsaturated/α-hetero) is 1. The Morgan fingerprint density at radius 2 is 1.92 bits per heavy atom. The molecule has 12 heavy (non-hydrogen) atoms. The molecule has 0 N–H and O–H groups in total. The summed E-state index contributed by atoms with van der Waals surface area (Å²) < 4.78 is 0. The number of ketones is 1. The van der Waals surface area contributed by atoms with Crippen molar-refractivity contribution in [3.63, 3.8) is 0 Å². The lowest BCUT2D eigenvalue weighted by Gasteiger charge is -2.06. The topological polar surface area (TPSA) is 17.1 Å². The zero-order valence-electron chi connectivity index (χ0n) is 7.73. The van der Waals surface area contributed by atoms with Gasteiger partial charge in [-0.1, -0.05) is 18.9 Å². The minimum Gasteiger partial charge on any atom is -0.295 e. The third-order valence-corrected chi connectivity index (χ3v) is 3.18. The largest absolute Gasteiger partial charge is 0.295 e. The SMILES string of the molecule is CC1CC(=O)C2=C1CCCCC2. The number of carbonyl (C=O) groups excluding carboxylic acids is 1. The second-order valence-electron chi connectivity index (χ2n) is 4.09. The van der Waals surface area contributed by atoms with E-state index in [2.05, 4.69) is 6.92 Å². The van der Waals surface area contributed by atoms with Crippen molar-refractivity contribution in [2.24, 2.45) is 5.92 Å². The third kappa shape index (κ3) is 1.21. The average molecular weight is 164 g/mol. The second kappa shape index (κ2) is 3.04. The van der Waals surface area contributed by atoms with Gasteiger partial charge in [-0.25, -0.2) is 0 Å². The molecule has 0 amide bonds. The van der Waals surface area contributed by atoms with Gasteiger partial charge in [0.25, 0.3) is 0 Å². The molecule has 0 radical (unpaired) electrons. The van der Waals surface area contributed by atoms with Crippen LogP contribution in [0.15, 0.2) is 11.1 Å². The molecule has 0 aliphatic heterocycles. The molecule has 0 fully saturated rings. The predicted octanol–water partition coefficient (Wildman–Crippen LogP) is 2.86. The maximum absolute atomic E-state index is 11.5. The Morgan fingerprint density at radius 1 is 1.17 bits per heavy atom. The van der Waals surface area contributed by atoms with Crippen molar-refractivity contribution in [3.8, 4) is 0 Å². The molecule has 1 unspecified atom stereocenters. The van der Waals surface area contributed by atoms with E-state index in [1.54, 1.807) is 0 Å². The summed E-state index contributed by atoms with van der Waals surface area (Å²) in [7, 11) is 0. The van der Waals surface area contributed by atoms with Crippen LogP contribution in [0.1, 0.15) is 45.4 Å². The molecular formula is C11H16O. The molecule has 1 nitrogen and oxygen atoms in total. The fraction of sp³-hybridized carbons (Fsp3) is 0.727. The van der Waals surface area contributed by atoms with E-state index in [0.29, 0.717) is 11.7 Å². The molecule has 0 bridgehead atoms. The van der Waals surface area contributed by atoms with Crippen LogP contribution in [0.4, 0.5) is 0 Å². The highest BCUT2D eigenvalue weighted by atomic mass is 16.1. The molecule has 1 atom stereocenters. The standard InChI is InChI=1S/C11H16O/c1-8-7-11(12)10-6-4-2-3-5-9(8)10/h8H,2-7H2,1H3. The first kappa shape index (κ1) is 8.03. The highest BCUT2D eigenvalue weighted by Gasteiger charge is 2.29. The molecule has 1 heteroatoms. The zero-order valence-corrected chi connectivity index (χ0v) is 7.73. The van der Waals surface area contributed by atoms with Gasteiger partial charge >= 0.3 is 0 Å². The first-order chi connectivity index (χ1) is 5.79. The van der Waals surface area contributed by atoms with Crippen LogP contribution in [0.2, 0.25) is 0 Å². The number of rotatable bonds is 0. The molecule has 0 saturated heterocycles. The van der Waals surface area contributed by atoms with Crippen molar-refractivity contribution in [1.29, 1.82) is 0 Å². The van der Waals surface area contributed by atoms with E-state index in [4.69, 9.17) is 0 Å². The summed E-state index contributed by atoms with van der Waals surface area (Å²) in [5.41, 5.74) is 2.71. The number of carbonyl (C=O) groups is 1. The zero-order chi connectivity index (χ0) is 8.55. The monoisotopic (exact) mass is 164 g/mol. The van der Waals surface area contributed by atoms with Gasteiger partial charge in [-0.3, -0.25) is 4.79 Å². The van der Waals surface area contributed by atoms with E-state index in [1.165, 1.54) is 36.8 Å². The highest BCUT2D eigenvalue weighted by molar-refractivity contribution is 5.99. The second-order valence-corrected chi connectivity index (χ2v) is 4.09. The van der Waals surface area contributed by atoms with Gasteiger partial charge in [-0.2, -0.15) is 0 Å². The number of hydrogen-bond donors (Lipinski definition) is 0. The normalized spacial score (nSPS) is 30.4. The Morgan fingerprint density at radius 3 is 2.75 bits per heavy atom. The molecule has 2 aliphatic carbocycles. The van der Waals surface area contributed by atoms with E-state index in [-0.39, 0.29) is 0 Å². The maximum Gasteiger partial charge on any atom is 0.159 e. The molecule has 0 heterocycles. The lowest BCUT2D eigenvalue weighted by atomic mass is 9.99. The molecule has 2 aliphatic rings. The molecule has 0 saturated carbocycles. The minimum atomic E-state index is 0.444. The minimum absolute atomic E-state index is 0.444. The Labute approximate surface area is 73.8 Å². The summed E-state index contributed by atoms with van der Waals surface area (Å²) in [4.78, 5) is 11.5. The summed E-state index contributed by atoms with van der Waals surface area (Å²) in [5, 5.41) is 0. The summed E-state index contributed by atoms with van der Waals surface area (Å²) in [6.07, 6.45) is 6.91. The van der Waals surface area contributed by atoms with Gasteiger partial charge in [0, 0.05) is 6.42 Å². The summed E-state index contributed by atoms with van der Waals surface area (Å²) in [5.74, 6) is 1.00. The van der Waals surface area contributed by atoms with Crippen LogP contribution in [-0.2, 0) is 4.79 Å². The predicted molar refractivity (Wildman–Crippen MR) is 48.9 cm³/mol. The van der Waals surface area contributed by atoms with Crippen LogP contribution in [0.5, 0.6) is 0 Å². The Bertz CT molecular complexity index is 237. The quantitative estimate of drug-likeness (QED) is 0.538. The lowest BCUT2D eigenvalue weighted by Crippen LogP contribution is -1.96. The van der Waals surface area contributed by atoms with Crippen molar-refractivity contribution < 1.29 is 4.79 Å². The maximum atomic E-state index is 11.5. The fourth-order valence-electron chi connectivity index (χ4n) is 2.49. The summed E-state index contributed by atoms with van der Waals surface area (Å²) in [6, 6.07) is 0. The molecule has 66 valence electrons. The average Bonchev–Trinajstić information content (AvgIpc) is 2.29. The third-order valence-electron chi connectivity index (χ3n) is 3.18. The number of hydrogen-bond acceptors (Lipinski definition) is 1. The van der Waals surface area contributed by atoms with Gasteiger partial charge in [0.05, 0.1) is 0 Å². The van der Waals surface area contributed by atoms with Crippen LogP contribution < -0.4 is 0 Å². The molecule has 0 aromatic heterocycles. The summed E-state index contributed by atoms with van der Waals surface area (Å²) >= 11 is 0. The Hall–Kier alpha value is -0.590. The van der Waals surface area contributed by atoms with Gasteiger partial charge < -0.3 is 0 Å². The number of allylic oxidation sites excluding steroid dienone is 2. The lowest BCUT2D eigenvalue weighted by molar-refractivity contribution is -0.115. The molecule has 0 aromatic rings. The van der Waals surface area contributed by atoms with Gasteiger partial charge in [-0.05, 0) is 37.2 Å². The van der Waals surface area contributed by atoms with Crippen LogP contribution in [-0.4, -0.2) is 5.78 Å². The summed E-state index contributed by atoms with van der Waals surface area (Å²) in [6.45, 7) is 2.20. The van der Waals surface area contributed by atoms with Crippen molar-refractivity contribution >= 4 is 5.78 Å². The first-order valence-electron chi connectivity index (χ1n) is 5.04. The fourth-order valence-corrected chi connectivity index (χ4v) is 2.49. The molecule has 2 rings (SSSR count). The van der Waals surface area contributed by atoms with Gasteiger partial charge in [0.15, 0.2) is 5.78 Å². The van der Waals surface area contributed by atoms with Gasteiger partial charge in [0.2, 0.25) is 0 Å². The van der Waals surface area contributed by atoms with Crippen molar-refractivity contribution in [3.05, 3.63) is 11.1 Å². The van der Waals surface area contributed by atoms with E-state index in [1.807, 2.05) is 0 Å². The van der Waals surface area contributed by atoms with E-state index in [9.17, 15) is 4.79 Å². The Kier molecular flexibility index (Phi) is 2.03. The molecule has 0 aromatic carbocycles. The van der Waals surface area contributed by atoms with Crippen LogP contribution in [0, 0.1) is 5.92 Å². The van der Waals surface area contributed by atoms with E-state index < -0.39 is 0 Å². The Balaban J connectivity index is 2.27. The van der Waals surface area contributed by atoms with Crippen LogP contribution in [0.25, 0.3) is 0 Å². The van der Waals surface area contributed by atoms with Crippen molar-refractivity contribution in [2.75, 3.05) is 0 Å². The smallest absolute Gasteiger partial charge is 0.159 e. The van der Waals surface area contributed by atoms with E-state index >= 15 is 0 Å². The highest BCUT2D eigenvalue weighted by Crippen LogP contribution is 2.37. The molecular weight excluding hydrogens is 148 g/mol. The first-order valence-corrected chi connectivity index (χ1v) is 5.04. The van der Waals surface area contributed by atoms with Crippen LogP contribution in [0.3, 0.4) is 0 Å². The van der Waals surface area contributed by atoms with Gasteiger partial charge in [-0.15, -0.1) is 0 Å². The molecule has 0 spiro atoms. The van der Waals surface area contributed by atoms with Crippen LogP contribution >= 0.6 is 0 Å². The van der Waals surface area contributed by atoms with Crippen molar-refractivity contribution in [2.45, 2.75) is 45.4 Å².